The molecule has 9 heteroatoms. The van der Waals surface area contributed by atoms with Gasteiger partial charge in [-0.3, -0.25) is 5.32 Å². The number of rotatable bonds is 3. The zero-order valence-corrected chi connectivity index (χ0v) is 12.2. The Morgan fingerprint density at radius 1 is 1.30 bits per heavy atom. The second-order valence-corrected chi connectivity index (χ2v) is 6.00. The maximum Gasteiger partial charge on any atom is 0.339 e. The Kier molecular flexibility index (Phi) is 4.20. The van der Waals surface area contributed by atoms with Crippen LogP contribution in [0.2, 0.25) is 0 Å². The van der Waals surface area contributed by atoms with Gasteiger partial charge in [-0.05, 0) is 28.1 Å². The number of amides is 2. The minimum atomic E-state index is -1.24. The van der Waals surface area contributed by atoms with Gasteiger partial charge in [-0.25, -0.2) is 14.6 Å². The molecule has 0 spiro atoms. The predicted molar refractivity (Wildman–Crippen MR) is 77.5 cm³/mol. The summed E-state index contributed by atoms with van der Waals surface area (Å²) in [6, 6.07) is 3.18. The standard InChI is InChI=1S/C11H8BrN3O4S/c12-8-4-13-11(20-8)15-10(19)14-5-1-2-6(9(17)18)7(16)3-5/h1-4,16H,(H,17,18)(H2,13,14,15,19). The number of urea groups is 1. The monoisotopic (exact) mass is 357 g/mol. The molecule has 104 valence electrons. The van der Waals surface area contributed by atoms with Gasteiger partial charge in [-0.15, -0.1) is 0 Å². The number of phenols is 1. The lowest BCUT2D eigenvalue weighted by Crippen LogP contribution is -2.19. The van der Waals surface area contributed by atoms with E-state index in [0.717, 1.165) is 9.85 Å². The van der Waals surface area contributed by atoms with E-state index < -0.39 is 17.7 Å². The molecule has 0 aliphatic heterocycles. The van der Waals surface area contributed by atoms with Gasteiger partial charge in [-0.2, -0.15) is 0 Å². The second kappa shape index (κ2) is 5.88. The van der Waals surface area contributed by atoms with Crippen molar-refractivity contribution in [3.05, 3.63) is 33.7 Å². The molecule has 2 amide bonds. The molecule has 0 saturated carbocycles. The van der Waals surface area contributed by atoms with Crippen LogP contribution in [0.5, 0.6) is 5.75 Å². The van der Waals surface area contributed by atoms with Crippen molar-refractivity contribution in [3.8, 4) is 5.75 Å². The molecular weight excluding hydrogens is 350 g/mol. The van der Waals surface area contributed by atoms with Crippen LogP contribution in [-0.2, 0) is 0 Å². The van der Waals surface area contributed by atoms with Gasteiger partial charge in [0.1, 0.15) is 11.3 Å². The van der Waals surface area contributed by atoms with E-state index in [2.05, 4.69) is 31.5 Å². The van der Waals surface area contributed by atoms with Gasteiger partial charge in [0.15, 0.2) is 5.13 Å². The molecule has 2 rings (SSSR count). The van der Waals surface area contributed by atoms with Crippen LogP contribution in [0.25, 0.3) is 0 Å². The van der Waals surface area contributed by atoms with Crippen LogP contribution in [0.1, 0.15) is 10.4 Å². The molecule has 0 unspecified atom stereocenters. The molecule has 2 aromatic rings. The Hall–Kier alpha value is -2.13. The van der Waals surface area contributed by atoms with Gasteiger partial charge < -0.3 is 15.5 Å². The molecule has 20 heavy (non-hydrogen) atoms. The van der Waals surface area contributed by atoms with Crippen molar-refractivity contribution in [2.24, 2.45) is 0 Å². The summed E-state index contributed by atoms with van der Waals surface area (Å²) in [5.74, 6) is -1.67. The molecule has 4 N–H and O–H groups in total. The van der Waals surface area contributed by atoms with Gasteiger partial charge >= 0.3 is 12.0 Å². The molecule has 0 saturated heterocycles. The summed E-state index contributed by atoms with van der Waals surface area (Å²) in [6.45, 7) is 0. The summed E-state index contributed by atoms with van der Waals surface area (Å²) in [5, 5.41) is 23.6. The first-order valence-corrected chi connectivity index (χ1v) is 6.82. The third-order valence-electron chi connectivity index (χ3n) is 2.18. The Morgan fingerprint density at radius 3 is 2.60 bits per heavy atom. The number of anilines is 2. The van der Waals surface area contributed by atoms with Crippen LogP contribution in [0.3, 0.4) is 0 Å². The SMILES string of the molecule is O=C(Nc1ccc(C(=O)O)c(O)c1)Nc1ncc(Br)s1. The van der Waals surface area contributed by atoms with Crippen molar-refractivity contribution >= 4 is 50.1 Å². The fraction of sp³-hybridized carbons (Fsp3) is 0. The number of nitrogens with zero attached hydrogens (tertiary/aromatic N) is 1. The number of aromatic nitrogens is 1. The average molecular weight is 358 g/mol. The summed E-state index contributed by atoms with van der Waals surface area (Å²) in [5.41, 5.74) is 0.0282. The first-order valence-electron chi connectivity index (χ1n) is 5.21. The molecule has 1 aromatic carbocycles. The molecule has 0 atom stereocenters. The highest BCUT2D eigenvalue weighted by Crippen LogP contribution is 2.24. The molecule has 1 aromatic heterocycles. The van der Waals surface area contributed by atoms with Crippen LogP contribution in [0.4, 0.5) is 15.6 Å². The molecular formula is C11H8BrN3O4S. The lowest BCUT2D eigenvalue weighted by molar-refractivity contribution is 0.0694. The number of aromatic carboxylic acids is 1. The highest BCUT2D eigenvalue weighted by atomic mass is 79.9. The van der Waals surface area contributed by atoms with Gasteiger partial charge in [0.2, 0.25) is 0 Å². The summed E-state index contributed by atoms with van der Waals surface area (Å²) >= 11 is 4.46. The summed E-state index contributed by atoms with van der Waals surface area (Å²) < 4.78 is 0.774. The summed E-state index contributed by atoms with van der Waals surface area (Å²) in [7, 11) is 0. The van der Waals surface area contributed by atoms with Crippen LogP contribution >= 0.6 is 27.3 Å². The van der Waals surface area contributed by atoms with E-state index >= 15 is 0 Å². The zero-order chi connectivity index (χ0) is 14.7. The molecule has 7 nitrogen and oxygen atoms in total. The van der Waals surface area contributed by atoms with Crippen LogP contribution in [0.15, 0.2) is 28.2 Å². The van der Waals surface area contributed by atoms with Crippen molar-refractivity contribution in [3.63, 3.8) is 0 Å². The molecule has 1 heterocycles. The van der Waals surface area contributed by atoms with E-state index in [1.165, 1.54) is 23.5 Å². The van der Waals surface area contributed by atoms with Crippen LogP contribution < -0.4 is 10.6 Å². The number of carboxylic acids is 1. The van der Waals surface area contributed by atoms with E-state index in [1.807, 2.05) is 0 Å². The number of hydrogen-bond donors (Lipinski definition) is 4. The molecule has 0 aliphatic carbocycles. The fourth-order valence-electron chi connectivity index (χ4n) is 1.36. The largest absolute Gasteiger partial charge is 0.507 e. The van der Waals surface area contributed by atoms with Crippen molar-refractivity contribution < 1.29 is 19.8 Å². The number of aromatic hydroxyl groups is 1. The topological polar surface area (TPSA) is 112 Å². The van der Waals surface area contributed by atoms with Crippen molar-refractivity contribution in [2.45, 2.75) is 0 Å². The number of halogens is 1. The zero-order valence-electron chi connectivity index (χ0n) is 9.75. The fourth-order valence-corrected chi connectivity index (χ4v) is 2.46. The van der Waals surface area contributed by atoms with E-state index in [4.69, 9.17) is 5.11 Å². The first-order chi connectivity index (χ1) is 9.45. The van der Waals surface area contributed by atoms with Gasteiger partial charge in [0.05, 0.1) is 9.98 Å². The number of carbonyl (C=O) groups excluding carboxylic acids is 1. The molecule has 0 bridgehead atoms. The van der Waals surface area contributed by atoms with E-state index in [-0.39, 0.29) is 11.3 Å². The van der Waals surface area contributed by atoms with Crippen molar-refractivity contribution in [1.82, 2.24) is 4.98 Å². The number of hydrogen-bond acceptors (Lipinski definition) is 5. The van der Waals surface area contributed by atoms with Crippen LogP contribution in [0, 0.1) is 0 Å². The highest BCUT2D eigenvalue weighted by Gasteiger charge is 2.11. The molecule has 0 radical (unpaired) electrons. The highest BCUT2D eigenvalue weighted by molar-refractivity contribution is 9.11. The number of thiazole rings is 1. The van der Waals surface area contributed by atoms with Crippen LogP contribution in [-0.4, -0.2) is 27.2 Å². The Morgan fingerprint density at radius 2 is 2.05 bits per heavy atom. The third kappa shape index (κ3) is 3.45. The maximum atomic E-state index is 11.7. The number of carboxylic acid groups (broad SMARTS) is 1. The average Bonchev–Trinajstić information content (AvgIpc) is 2.74. The van der Waals surface area contributed by atoms with Gasteiger partial charge in [0, 0.05) is 11.8 Å². The van der Waals surface area contributed by atoms with Gasteiger partial charge in [0.25, 0.3) is 0 Å². The smallest absolute Gasteiger partial charge is 0.339 e. The number of nitrogens with one attached hydrogen (secondary N) is 2. The normalized spacial score (nSPS) is 10.1. The minimum Gasteiger partial charge on any atom is -0.507 e. The summed E-state index contributed by atoms with van der Waals surface area (Å²) in [4.78, 5) is 26.3. The number of carbonyl (C=O) groups is 2. The molecule has 0 aliphatic rings. The van der Waals surface area contributed by atoms with Crippen molar-refractivity contribution in [2.75, 3.05) is 10.6 Å². The predicted octanol–water partition coefficient (Wildman–Crippen LogP) is 2.95. The maximum absolute atomic E-state index is 11.7. The lowest BCUT2D eigenvalue weighted by atomic mass is 10.2. The second-order valence-electron chi connectivity index (χ2n) is 3.59. The Bertz CT molecular complexity index is 673. The Labute approximate surface area is 125 Å². The number of benzene rings is 1. The van der Waals surface area contributed by atoms with Gasteiger partial charge in [-0.1, -0.05) is 11.3 Å². The van der Waals surface area contributed by atoms with Crippen molar-refractivity contribution in [1.29, 1.82) is 0 Å². The third-order valence-corrected chi connectivity index (χ3v) is 3.58. The van der Waals surface area contributed by atoms with E-state index in [1.54, 1.807) is 6.20 Å². The quantitative estimate of drug-likeness (QED) is 0.674. The van der Waals surface area contributed by atoms with E-state index in [9.17, 15) is 14.7 Å². The molecule has 0 fully saturated rings. The summed E-state index contributed by atoms with van der Waals surface area (Å²) in [6.07, 6.45) is 1.55. The first kappa shape index (κ1) is 14.3. The lowest BCUT2D eigenvalue weighted by Gasteiger charge is -2.07. The minimum absolute atomic E-state index is 0.236. The van der Waals surface area contributed by atoms with E-state index in [0.29, 0.717) is 5.13 Å². The Balaban J connectivity index is 2.04.